The molecule has 1 aliphatic heterocycles. The van der Waals surface area contributed by atoms with Crippen molar-refractivity contribution in [2.45, 2.75) is 19.9 Å². The topological polar surface area (TPSA) is 124 Å². The first-order chi connectivity index (χ1) is 19.2. The molecule has 0 aliphatic carbocycles. The molecule has 1 N–H and O–H groups in total. The molecule has 0 radical (unpaired) electrons. The zero-order valence-corrected chi connectivity index (χ0v) is 23.5. The van der Waals surface area contributed by atoms with Gasteiger partial charge in [0.2, 0.25) is 0 Å². The fourth-order valence-electron chi connectivity index (χ4n) is 4.40. The Morgan fingerprint density at radius 3 is 2.40 bits per heavy atom. The number of amides is 1. The van der Waals surface area contributed by atoms with Crippen molar-refractivity contribution < 1.29 is 38.4 Å². The first-order valence-electron chi connectivity index (χ1n) is 12.1. The molecule has 208 valence electrons. The number of thiazole rings is 1. The van der Waals surface area contributed by atoms with Crippen LogP contribution in [0.15, 0.2) is 54.6 Å². The summed E-state index contributed by atoms with van der Waals surface area (Å²) in [5.41, 5.74) is 1.67. The smallest absolute Gasteiger partial charge is 0.350 e. The number of hydrogen-bond acceptors (Lipinski definition) is 10. The van der Waals surface area contributed by atoms with Gasteiger partial charge in [0.05, 0.1) is 38.6 Å². The van der Waals surface area contributed by atoms with Crippen LogP contribution in [0.1, 0.15) is 38.1 Å². The first kappa shape index (κ1) is 28.4. The second-order valence-electron chi connectivity index (χ2n) is 8.77. The molecule has 3 aromatic rings. The van der Waals surface area contributed by atoms with Crippen molar-refractivity contribution in [3.05, 3.63) is 81.9 Å². The summed E-state index contributed by atoms with van der Waals surface area (Å²) in [6.07, 6.45) is 1.61. The van der Waals surface area contributed by atoms with Crippen LogP contribution >= 0.6 is 11.3 Å². The summed E-state index contributed by atoms with van der Waals surface area (Å²) in [6, 6.07) is 8.76. The zero-order valence-electron chi connectivity index (χ0n) is 22.6. The normalized spacial score (nSPS) is 16.1. The Hall–Kier alpha value is -4.64. The molecule has 1 aliphatic rings. The van der Waals surface area contributed by atoms with Crippen LogP contribution in [-0.4, -0.2) is 55.7 Å². The number of aliphatic hydroxyl groups excluding tert-OH is 1. The Morgan fingerprint density at radius 2 is 1.77 bits per heavy atom. The SMILES string of the molecule is C=CCOc1ccc(C(O)=C2C(=O)C(=O)N(c3nc(C)c(C(=O)OC)s3)C2c2ccc(OC)c(OC)c2)cc1C. The fraction of sp³-hybridized carbons (Fsp3) is 0.241. The molecule has 2 heterocycles. The van der Waals surface area contributed by atoms with Crippen LogP contribution in [0.4, 0.5) is 5.13 Å². The number of carbonyl (C=O) groups is 3. The summed E-state index contributed by atoms with van der Waals surface area (Å²) in [7, 11) is 4.19. The molecule has 1 aromatic heterocycles. The van der Waals surface area contributed by atoms with Crippen LogP contribution in [0.2, 0.25) is 0 Å². The maximum atomic E-state index is 13.5. The minimum Gasteiger partial charge on any atom is -0.507 e. The van der Waals surface area contributed by atoms with Crippen LogP contribution in [0.5, 0.6) is 17.2 Å². The maximum Gasteiger partial charge on any atom is 0.350 e. The van der Waals surface area contributed by atoms with Crippen LogP contribution in [0, 0.1) is 13.8 Å². The number of carbonyl (C=O) groups excluding carboxylic acids is 3. The summed E-state index contributed by atoms with van der Waals surface area (Å²) < 4.78 is 21.3. The number of ether oxygens (including phenoxy) is 4. The number of methoxy groups -OCH3 is 3. The third-order valence-electron chi connectivity index (χ3n) is 6.33. The first-order valence-corrected chi connectivity index (χ1v) is 12.9. The van der Waals surface area contributed by atoms with Gasteiger partial charge in [-0.25, -0.2) is 9.78 Å². The minimum absolute atomic E-state index is 0.100. The van der Waals surface area contributed by atoms with E-state index in [2.05, 4.69) is 11.6 Å². The summed E-state index contributed by atoms with van der Waals surface area (Å²) in [5, 5.41) is 11.6. The quantitative estimate of drug-likeness (QED) is 0.129. The average Bonchev–Trinajstić information content (AvgIpc) is 3.47. The molecule has 1 amide bonds. The molecule has 0 saturated carbocycles. The third kappa shape index (κ3) is 5.03. The number of nitrogens with zero attached hydrogens (tertiary/aromatic N) is 2. The Morgan fingerprint density at radius 1 is 1.07 bits per heavy atom. The van der Waals surface area contributed by atoms with E-state index in [9.17, 15) is 19.5 Å². The van der Waals surface area contributed by atoms with E-state index in [1.54, 1.807) is 56.3 Å². The van der Waals surface area contributed by atoms with Gasteiger partial charge in [-0.15, -0.1) is 0 Å². The molecule has 0 spiro atoms. The summed E-state index contributed by atoms with van der Waals surface area (Å²) in [4.78, 5) is 45.1. The van der Waals surface area contributed by atoms with E-state index < -0.39 is 23.7 Å². The van der Waals surface area contributed by atoms with Gasteiger partial charge < -0.3 is 24.1 Å². The molecular formula is C29H28N2O8S. The van der Waals surface area contributed by atoms with Crippen LogP contribution in [0.3, 0.4) is 0 Å². The monoisotopic (exact) mass is 564 g/mol. The van der Waals surface area contributed by atoms with Gasteiger partial charge in [-0.2, -0.15) is 0 Å². The van der Waals surface area contributed by atoms with Gasteiger partial charge in [0.25, 0.3) is 5.78 Å². The maximum absolute atomic E-state index is 13.5. The molecule has 11 heteroatoms. The van der Waals surface area contributed by atoms with Gasteiger partial charge in [0.1, 0.15) is 23.0 Å². The average molecular weight is 565 g/mol. The zero-order chi connectivity index (χ0) is 29.1. The van der Waals surface area contributed by atoms with E-state index in [0.29, 0.717) is 46.2 Å². The van der Waals surface area contributed by atoms with Crippen molar-refractivity contribution in [2.75, 3.05) is 32.8 Å². The summed E-state index contributed by atoms with van der Waals surface area (Å²) in [5.74, 6) is -1.43. The highest BCUT2D eigenvalue weighted by Crippen LogP contribution is 2.45. The Bertz CT molecular complexity index is 1540. The van der Waals surface area contributed by atoms with Gasteiger partial charge >= 0.3 is 11.9 Å². The number of Topliss-reactive ketones (excluding diaryl/α,β-unsaturated/α-hetero) is 1. The van der Waals surface area contributed by atoms with E-state index in [1.807, 2.05) is 0 Å². The van der Waals surface area contributed by atoms with E-state index in [-0.39, 0.29) is 21.3 Å². The number of esters is 1. The van der Waals surface area contributed by atoms with Crippen LogP contribution < -0.4 is 19.1 Å². The second-order valence-corrected chi connectivity index (χ2v) is 9.74. The van der Waals surface area contributed by atoms with Crippen molar-refractivity contribution in [1.29, 1.82) is 0 Å². The second kappa shape index (κ2) is 11.6. The summed E-state index contributed by atoms with van der Waals surface area (Å²) >= 11 is 0.915. The van der Waals surface area contributed by atoms with Gasteiger partial charge in [-0.3, -0.25) is 14.5 Å². The highest BCUT2D eigenvalue weighted by atomic mass is 32.1. The number of aryl methyl sites for hydroxylation is 2. The van der Waals surface area contributed by atoms with Crippen molar-refractivity contribution in [3.63, 3.8) is 0 Å². The van der Waals surface area contributed by atoms with Gasteiger partial charge in [-0.1, -0.05) is 30.1 Å². The van der Waals surface area contributed by atoms with E-state index >= 15 is 0 Å². The van der Waals surface area contributed by atoms with Crippen molar-refractivity contribution in [1.82, 2.24) is 4.98 Å². The van der Waals surface area contributed by atoms with Crippen molar-refractivity contribution in [2.24, 2.45) is 0 Å². The lowest BCUT2D eigenvalue weighted by Gasteiger charge is -2.24. The number of benzene rings is 2. The van der Waals surface area contributed by atoms with Crippen LogP contribution in [-0.2, 0) is 14.3 Å². The van der Waals surface area contributed by atoms with E-state index in [0.717, 1.165) is 11.3 Å². The van der Waals surface area contributed by atoms with Crippen molar-refractivity contribution >= 4 is 39.9 Å². The molecule has 1 saturated heterocycles. The molecule has 4 rings (SSSR count). The minimum atomic E-state index is -1.09. The Balaban J connectivity index is 1.93. The number of rotatable bonds is 9. The molecule has 1 fully saturated rings. The Kier molecular flexibility index (Phi) is 8.24. The number of ketones is 1. The number of aliphatic hydroxyl groups is 1. The standard InChI is InChI=1S/C29H28N2O8S/c1-7-12-39-19-10-9-18(13-15(19)2)24(32)22-23(17-8-11-20(36-4)21(14-17)37-5)31(27(34)25(22)33)29-30-16(3)26(40-29)28(35)38-6/h7-11,13-14,23,32H,1,12H2,2-6H3. The van der Waals surface area contributed by atoms with Gasteiger partial charge in [0.15, 0.2) is 16.6 Å². The molecule has 0 bridgehead atoms. The highest BCUT2D eigenvalue weighted by molar-refractivity contribution is 7.17. The molecule has 10 nitrogen and oxygen atoms in total. The fourth-order valence-corrected chi connectivity index (χ4v) is 5.41. The van der Waals surface area contributed by atoms with Crippen molar-refractivity contribution in [3.8, 4) is 17.2 Å². The highest BCUT2D eigenvalue weighted by Gasteiger charge is 2.48. The molecule has 1 unspecified atom stereocenters. The number of aromatic nitrogens is 1. The Labute approximate surface area is 235 Å². The lowest BCUT2D eigenvalue weighted by molar-refractivity contribution is -0.132. The molecular weight excluding hydrogens is 536 g/mol. The largest absolute Gasteiger partial charge is 0.507 e. The lowest BCUT2D eigenvalue weighted by Crippen LogP contribution is -2.29. The molecule has 40 heavy (non-hydrogen) atoms. The van der Waals surface area contributed by atoms with E-state index in [1.165, 1.54) is 26.2 Å². The predicted molar refractivity (Wildman–Crippen MR) is 149 cm³/mol. The third-order valence-corrected chi connectivity index (χ3v) is 7.47. The molecule has 2 aromatic carbocycles. The predicted octanol–water partition coefficient (Wildman–Crippen LogP) is 4.75. The molecule has 1 atom stereocenters. The number of anilines is 1. The van der Waals surface area contributed by atoms with E-state index in [4.69, 9.17) is 18.9 Å². The summed E-state index contributed by atoms with van der Waals surface area (Å²) in [6.45, 7) is 7.34. The van der Waals surface area contributed by atoms with Gasteiger partial charge in [0, 0.05) is 5.56 Å². The van der Waals surface area contributed by atoms with Gasteiger partial charge in [-0.05, 0) is 55.3 Å². The number of hydrogen-bond donors (Lipinski definition) is 1. The lowest BCUT2D eigenvalue weighted by atomic mass is 9.94. The van der Waals surface area contributed by atoms with Crippen LogP contribution in [0.25, 0.3) is 5.76 Å².